The van der Waals surface area contributed by atoms with Gasteiger partial charge in [-0.15, -0.1) is 0 Å². The Bertz CT molecular complexity index is 952. The van der Waals surface area contributed by atoms with Gasteiger partial charge in [0, 0.05) is 24.6 Å². The van der Waals surface area contributed by atoms with Gasteiger partial charge in [-0.3, -0.25) is 19.4 Å². The monoisotopic (exact) mass is 349 g/mol. The molecule has 1 amide bonds. The van der Waals surface area contributed by atoms with Crippen LogP contribution in [0.1, 0.15) is 43.4 Å². The molecule has 1 aliphatic rings. The van der Waals surface area contributed by atoms with Gasteiger partial charge in [0.25, 0.3) is 5.56 Å². The Labute approximate surface area is 139 Å². The highest BCUT2D eigenvalue weighted by Gasteiger charge is 2.33. The van der Waals surface area contributed by atoms with Crippen molar-refractivity contribution < 1.29 is 13.2 Å². The molecule has 0 bridgehead atoms. The van der Waals surface area contributed by atoms with Crippen molar-refractivity contribution in [1.29, 1.82) is 0 Å². The van der Waals surface area contributed by atoms with E-state index in [-0.39, 0.29) is 28.8 Å². The molecule has 8 heteroatoms. The van der Waals surface area contributed by atoms with E-state index in [0.29, 0.717) is 11.4 Å². The van der Waals surface area contributed by atoms with E-state index < -0.39 is 15.8 Å². The summed E-state index contributed by atoms with van der Waals surface area (Å²) in [6, 6.07) is 6.33. The third kappa shape index (κ3) is 2.77. The SMILES string of the molecule is CC(C)n1[nH]c(=O)c2c1NC(=O)C[C@@H]2c1ccc(S(C)(=O)=O)cc1. The molecule has 0 unspecified atom stereocenters. The van der Waals surface area contributed by atoms with E-state index in [1.165, 1.54) is 12.1 Å². The number of rotatable bonds is 3. The van der Waals surface area contributed by atoms with Crippen LogP contribution in [0.15, 0.2) is 34.0 Å². The highest BCUT2D eigenvalue weighted by atomic mass is 32.2. The molecule has 3 rings (SSSR count). The van der Waals surface area contributed by atoms with Crippen LogP contribution in [0, 0.1) is 0 Å². The number of amides is 1. The lowest BCUT2D eigenvalue weighted by atomic mass is 9.87. The first-order valence-electron chi connectivity index (χ1n) is 7.62. The topological polar surface area (TPSA) is 101 Å². The van der Waals surface area contributed by atoms with Gasteiger partial charge < -0.3 is 5.32 Å². The van der Waals surface area contributed by atoms with Crippen LogP contribution in [0.5, 0.6) is 0 Å². The number of nitrogens with one attached hydrogen (secondary N) is 2. The third-order valence-corrected chi connectivity index (χ3v) is 5.31. The summed E-state index contributed by atoms with van der Waals surface area (Å²) in [6.07, 6.45) is 1.29. The van der Waals surface area contributed by atoms with Gasteiger partial charge in [0.05, 0.1) is 10.5 Å². The molecule has 1 aromatic heterocycles. The molecule has 2 heterocycles. The number of sulfone groups is 1. The Morgan fingerprint density at radius 3 is 2.33 bits per heavy atom. The second-order valence-electron chi connectivity index (χ2n) is 6.31. The fraction of sp³-hybridized carbons (Fsp3) is 0.375. The number of H-pyrrole nitrogens is 1. The molecule has 1 aromatic carbocycles. The zero-order valence-corrected chi connectivity index (χ0v) is 14.5. The molecule has 0 aliphatic carbocycles. The smallest absolute Gasteiger partial charge is 0.270 e. The first-order chi connectivity index (χ1) is 11.2. The third-order valence-electron chi connectivity index (χ3n) is 4.19. The number of hydrogen-bond acceptors (Lipinski definition) is 4. The molecule has 0 saturated heterocycles. The van der Waals surface area contributed by atoms with Crippen molar-refractivity contribution >= 4 is 21.6 Å². The summed E-state index contributed by atoms with van der Waals surface area (Å²) >= 11 is 0. The number of carbonyl (C=O) groups excluding carboxylic acids is 1. The van der Waals surface area contributed by atoms with Gasteiger partial charge in [-0.05, 0) is 31.5 Å². The van der Waals surface area contributed by atoms with E-state index in [9.17, 15) is 18.0 Å². The standard InChI is InChI=1S/C16H19N3O4S/c1-9(2)19-15-14(16(21)18-19)12(8-13(20)17-15)10-4-6-11(7-5-10)24(3,22)23/h4-7,9,12H,8H2,1-3H3,(H,17,20)(H,18,21)/t12-/m1/s1. The number of aromatic nitrogens is 2. The Hall–Kier alpha value is -2.35. The van der Waals surface area contributed by atoms with Crippen molar-refractivity contribution in [3.63, 3.8) is 0 Å². The van der Waals surface area contributed by atoms with E-state index in [0.717, 1.165) is 11.8 Å². The van der Waals surface area contributed by atoms with Gasteiger partial charge in [-0.1, -0.05) is 12.1 Å². The summed E-state index contributed by atoms with van der Waals surface area (Å²) in [4.78, 5) is 24.7. The van der Waals surface area contributed by atoms with Gasteiger partial charge in [0.2, 0.25) is 5.91 Å². The molecule has 1 atom stereocenters. The molecule has 0 radical (unpaired) electrons. The fourth-order valence-corrected chi connectivity index (χ4v) is 3.63. The molecule has 0 saturated carbocycles. The quantitative estimate of drug-likeness (QED) is 0.879. The fourth-order valence-electron chi connectivity index (χ4n) is 3.00. The number of fused-ring (bicyclic) bond motifs is 1. The zero-order valence-electron chi connectivity index (χ0n) is 13.7. The number of nitrogens with zero attached hydrogens (tertiary/aromatic N) is 1. The predicted octanol–water partition coefficient (Wildman–Crippen LogP) is 1.63. The van der Waals surface area contributed by atoms with E-state index in [4.69, 9.17) is 0 Å². The minimum Gasteiger partial charge on any atom is -0.311 e. The molecule has 7 nitrogen and oxygen atoms in total. The molecule has 128 valence electrons. The molecule has 0 fully saturated rings. The van der Waals surface area contributed by atoms with Crippen LogP contribution in [-0.4, -0.2) is 30.4 Å². The average molecular weight is 349 g/mol. The first-order valence-corrected chi connectivity index (χ1v) is 9.52. The first kappa shape index (κ1) is 16.5. The summed E-state index contributed by atoms with van der Waals surface area (Å²) in [5.74, 6) is -0.0809. The average Bonchev–Trinajstić information content (AvgIpc) is 2.83. The Kier molecular flexibility index (Phi) is 3.87. The van der Waals surface area contributed by atoms with Crippen LogP contribution in [0.4, 0.5) is 5.82 Å². The van der Waals surface area contributed by atoms with Crippen molar-refractivity contribution in [1.82, 2.24) is 9.78 Å². The van der Waals surface area contributed by atoms with E-state index in [2.05, 4.69) is 10.4 Å². The van der Waals surface area contributed by atoms with Crippen molar-refractivity contribution in [2.24, 2.45) is 0 Å². The Morgan fingerprint density at radius 1 is 1.17 bits per heavy atom. The van der Waals surface area contributed by atoms with Crippen LogP contribution in [0.25, 0.3) is 0 Å². The Balaban J connectivity index is 2.11. The molecular formula is C16H19N3O4S. The molecule has 2 N–H and O–H groups in total. The molecule has 24 heavy (non-hydrogen) atoms. The molecule has 0 spiro atoms. The Morgan fingerprint density at radius 2 is 1.79 bits per heavy atom. The molecule has 1 aliphatic heterocycles. The number of anilines is 1. The lowest BCUT2D eigenvalue weighted by Gasteiger charge is -2.24. The van der Waals surface area contributed by atoms with Crippen LogP contribution < -0.4 is 10.9 Å². The molecular weight excluding hydrogens is 330 g/mol. The van der Waals surface area contributed by atoms with Gasteiger partial charge in [-0.2, -0.15) is 0 Å². The molecule has 2 aromatic rings. The van der Waals surface area contributed by atoms with Gasteiger partial charge in [-0.25, -0.2) is 8.42 Å². The maximum absolute atomic E-state index is 12.4. The van der Waals surface area contributed by atoms with Crippen molar-refractivity contribution in [3.8, 4) is 0 Å². The van der Waals surface area contributed by atoms with Crippen molar-refractivity contribution in [2.75, 3.05) is 11.6 Å². The lowest BCUT2D eigenvalue weighted by molar-refractivity contribution is -0.116. The largest absolute Gasteiger partial charge is 0.311 e. The maximum Gasteiger partial charge on any atom is 0.270 e. The summed E-state index contributed by atoms with van der Waals surface area (Å²) in [7, 11) is -3.29. The van der Waals surface area contributed by atoms with Crippen LogP contribution >= 0.6 is 0 Å². The second kappa shape index (κ2) is 5.62. The van der Waals surface area contributed by atoms with Gasteiger partial charge in [0.15, 0.2) is 9.84 Å². The summed E-state index contributed by atoms with van der Waals surface area (Å²) in [5.41, 5.74) is 1.01. The van der Waals surface area contributed by atoms with Crippen molar-refractivity contribution in [2.45, 2.75) is 37.1 Å². The van der Waals surface area contributed by atoms with Gasteiger partial charge in [0.1, 0.15) is 5.82 Å². The predicted molar refractivity (Wildman–Crippen MR) is 90.1 cm³/mol. The minimum atomic E-state index is -3.29. The van der Waals surface area contributed by atoms with E-state index >= 15 is 0 Å². The maximum atomic E-state index is 12.4. The van der Waals surface area contributed by atoms with Crippen LogP contribution in [0.2, 0.25) is 0 Å². The zero-order chi connectivity index (χ0) is 17.6. The van der Waals surface area contributed by atoms with Gasteiger partial charge >= 0.3 is 0 Å². The van der Waals surface area contributed by atoms with Crippen LogP contribution in [-0.2, 0) is 14.6 Å². The highest BCUT2D eigenvalue weighted by molar-refractivity contribution is 7.90. The summed E-state index contributed by atoms with van der Waals surface area (Å²) < 4.78 is 24.8. The summed E-state index contributed by atoms with van der Waals surface area (Å²) in [6.45, 7) is 3.82. The number of hydrogen-bond donors (Lipinski definition) is 2. The lowest BCUT2D eigenvalue weighted by Crippen LogP contribution is -2.27. The van der Waals surface area contributed by atoms with Crippen molar-refractivity contribution in [3.05, 3.63) is 45.7 Å². The highest BCUT2D eigenvalue weighted by Crippen LogP contribution is 2.36. The second-order valence-corrected chi connectivity index (χ2v) is 8.33. The van der Waals surface area contributed by atoms with E-state index in [1.807, 2.05) is 13.8 Å². The number of benzene rings is 1. The van der Waals surface area contributed by atoms with Crippen LogP contribution in [0.3, 0.4) is 0 Å². The number of carbonyl (C=O) groups is 1. The van der Waals surface area contributed by atoms with E-state index in [1.54, 1.807) is 16.8 Å². The normalized spacial score (nSPS) is 17.7. The minimum absolute atomic E-state index is 0.00638. The summed E-state index contributed by atoms with van der Waals surface area (Å²) in [5, 5.41) is 5.52. The number of aromatic amines is 1.